The van der Waals surface area contributed by atoms with E-state index in [1.165, 1.54) is 0 Å². The molecule has 0 spiro atoms. The van der Waals surface area contributed by atoms with Crippen LogP contribution in [0.25, 0.3) is 0 Å². The maximum Gasteiger partial charge on any atom is 0.118 e. The number of hydrogen-bond acceptors (Lipinski definition) is 2. The second kappa shape index (κ2) is 10.5. The molecule has 0 heterocycles. The van der Waals surface area contributed by atoms with Crippen molar-refractivity contribution in [3.8, 4) is 0 Å². The molecule has 0 amide bonds. The Morgan fingerprint density at radius 2 is 1.67 bits per heavy atom. The third-order valence-electron chi connectivity index (χ3n) is 0.967. The second-order valence-corrected chi connectivity index (χ2v) is 1.61. The van der Waals surface area contributed by atoms with Crippen molar-refractivity contribution >= 4 is 30.1 Å². The quantitative estimate of drug-likeness (QED) is 0.361. The van der Waals surface area contributed by atoms with Gasteiger partial charge in [0.25, 0.3) is 0 Å². The van der Waals surface area contributed by atoms with Gasteiger partial charge >= 0.3 is 0 Å². The fraction of sp³-hybridized carbons (Fsp3) is 0.222. The molecule has 12 heavy (non-hydrogen) atoms. The second-order valence-electron chi connectivity index (χ2n) is 1.61. The maximum atomic E-state index is 4.87. The smallest absolute Gasteiger partial charge is 0.118 e. The molecule has 0 saturated heterocycles. The largest absolute Gasteiger partial charge is 0.323 e. The van der Waals surface area contributed by atoms with Crippen LogP contribution in [0, 0.1) is 0 Å². The van der Waals surface area contributed by atoms with Crippen molar-refractivity contribution in [3.63, 3.8) is 0 Å². The van der Waals surface area contributed by atoms with E-state index in [1.54, 1.807) is 0 Å². The van der Waals surface area contributed by atoms with Crippen LogP contribution in [-0.4, -0.2) is 30.1 Å². The van der Waals surface area contributed by atoms with Crippen molar-refractivity contribution in [1.82, 2.24) is 0 Å². The van der Waals surface area contributed by atoms with Gasteiger partial charge in [-0.15, -0.1) is 0 Å². The van der Waals surface area contributed by atoms with Crippen LogP contribution in [0.3, 0.4) is 0 Å². The number of hydrazone groups is 1. The van der Waals surface area contributed by atoms with E-state index >= 15 is 0 Å². The van der Waals surface area contributed by atoms with Gasteiger partial charge in [-0.2, -0.15) is 5.10 Å². The fourth-order valence-electron chi connectivity index (χ4n) is 0.587. The standard InChI is InChI=1S/C7H7N2.2CH4.Sn.H2/c8-9-6-7-4-2-1-3-5-7;;;;/h1-5H,8H2;2*1H4;;1H. The fourth-order valence-corrected chi connectivity index (χ4v) is 0.587. The molecule has 3 heteroatoms. The first kappa shape index (κ1) is 17.5. The minimum Gasteiger partial charge on any atom is -0.323 e. The summed E-state index contributed by atoms with van der Waals surface area (Å²) in [5, 5.41) is 3.26. The van der Waals surface area contributed by atoms with E-state index in [0.29, 0.717) is 0 Å². The monoisotopic (exact) mass is 273 g/mol. The van der Waals surface area contributed by atoms with Crippen LogP contribution in [0.1, 0.15) is 21.8 Å². The van der Waals surface area contributed by atoms with E-state index in [1.807, 2.05) is 30.3 Å². The van der Waals surface area contributed by atoms with Crippen LogP contribution in [-0.2, 0) is 0 Å². The van der Waals surface area contributed by atoms with Crippen LogP contribution in [0.4, 0.5) is 0 Å². The zero-order valence-electron chi connectivity index (χ0n) is 5.41. The van der Waals surface area contributed by atoms with Crippen molar-refractivity contribution in [1.29, 1.82) is 0 Å². The third-order valence-corrected chi connectivity index (χ3v) is 0.967. The molecule has 67 valence electrons. The van der Waals surface area contributed by atoms with Gasteiger partial charge in [-0.1, -0.05) is 45.2 Å². The minimum absolute atomic E-state index is 0. The molecular weight excluding hydrogens is 255 g/mol. The van der Waals surface area contributed by atoms with Gasteiger partial charge in [-0.05, 0) is 0 Å². The van der Waals surface area contributed by atoms with Gasteiger partial charge in [-0.3, -0.25) is 0 Å². The van der Waals surface area contributed by atoms with Crippen LogP contribution in [0.5, 0.6) is 0 Å². The Morgan fingerprint density at radius 3 is 2.08 bits per heavy atom. The minimum atomic E-state index is 0. The van der Waals surface area contributed by atoms with Gasteiger partial charge in [0, 0.05) is 30.9 Å². The number of rotatable bonds is 1. The van der Waals surface area contributed by atoms with E-state index in [4.69, 9.17) is 5.84 Å². The summed E-state index contributed by atoms with van der Waals surface area (Å²) in [4.78, 5) is 0. The first-order valence-electron chi connectivity index (χ1n) is 2.64. The van der Waals surface area contributed by atoms with Gasteiger partial charge in [0.05, 0.1) is 0 Å². The molecule has 0 saturated carbocycles. The van der Waals surface area contributed by atoms with E-state index < -0.39 is 0 Å². The van der Waals surface area contributed by atoms with Crippen LogP contribution in [0.15, 0.2) is 35.4 Å². The molecule has 5 radical (unpaired) electrons. The molecule has 0 fully saturated rings. The Balaban J connectivity index is -0.000000101. The van der Waals surface area contributed by atoms with Crippen molar-refractivity contribution < 1.29 is 1.43 Å². The molecule has 0 aliphatic heterocycles. The first-order valence-corrected chi connectivity index (χ1v) is 2.64. The summed E-state index contributed by atoms with van der Waals surface area (Å²) in [6.07, 6.45) is 2.61. The summed E-state index contributed by atoms with van der Waals surface area (Å²) in [6.45, 7) is 0. The van der Waals surface area contributed by atoms with Crippen LogP contribution < -0.4 is 5.84 Å². The molecule has 0 aliphatic carbocycles. The number of benzene rings is 1. The van der Waals surface area contributed by atoms with E-state index in [-0.39, 0.29) is 40.2 Å². The number of nitrogens with zero attached hydrogens (tertiary/aromatic N) is 1. The van der Waals surface area contributed by atoms with Gasteiger partial charge in [0.1, 0.15) is 6.21 Å². The van der Waals surface area contributed by atoms with E-state index in [2.05, 4.69) is 11.3 Å². The van der Waals surface area contributed by atoms with Crippen molar-refractivity contribution in [3.05, 3.63) is 35.9 Å². The topological polar surface area (TPSA) is 38.4 Å². The van der Waals surface area contributed by atoms with Crippen molar-refractivity contribution in [2.45, 2.75) is 14.9 Å². The molecule has 0 aliphatic rings. The van der Waals surface area contributed by atoms with E-state index in [0.717, 1.165) is 5.56 Å². The number of hydrogen-bond donors (Lipinski definition) is 1. The molecule has 1 rings (SSSR count). The predicted molar refractivity (Wildman–Crippen MR) is 58.5 cm³/mol. The molecule has 0 bridgehead atoms. The van der Waals surface area contributed by atoms with Crippen molar-refractivity contribution in [2.75, 3.05) is 0 Å². The zero-order chi connectivity index (χ0) is 6.53. The average molecular weight is 272 g/mol. The Hall–Kier alpha value is -0.511. The SMILES string of the molecule is C.C.NN=[C]c1ccccc1.[HH].[Sn]. The predicted octanol–water partition coefficient (Wildman–Crippen LogP) is 1.99. The van der Waals surface area contributed by atoms with Gasteiger partial charge in [0.2, 0.25) is 0 Å². The molecule has 2 nitrogen and oxygen atoms in total. The summed E-state index contributed by atoms with van der Waals surface area (Å²) in [5.41, 5.74) is 0.903. The Labute approximate surface area is 93.3 Å². The zero-order valence-corrected chi connectivity index (χ0v) is 8.27. The first-order chi connectivity index (χ1) is 4.43. The average Bonchev–Trinajstić information content (AvgIpc) is 1.91. The summed E-state index contributed by atoms with van der Waals surface area (Å²) >= 11 is 0. The maximum absolute atomic E-state index is 4.87. The molecule has 1 aromatic rings. The normalized spacial score (nSPS) is 7.67. The third kappa shape index (κ3) is 6.22. The molecule has 1 aromatic carbocycles. The molecule has 2 N–H and O–H groups in total. The number of nitrogens with two attached hydrogens (primary N) is 1. The van der Waals surface area contributed by atoms with Crippen LogP contribution in [0.2, 0.25) is 0 Å². The van der Waals surface area contributed by atoms with Crippen LogP contribution >= 0.6 is 0 Å². The molecule has 0 aromatic heterocycles. The summed E-state index contributed by atoms with van der Waals surface area (Å²) in [5.74, 6) is 4.87. The van der Waals surface area contributed by atoms with Gasteiger partial charge in [0.15, 0.2) is 0 Å². The van der Waals surface area contributed by atoms with E-state index in [9.17, 15) is 0 Å². The van der Waals surface area contributed by atoms with Gasteiger partial charge in [-0.25, -0.2) is 0 Å². The summed E-state index contributed by atoms with van der Waals surface area (Å²) in [6, 6.07) is 9.52. The Kier molecular flexibility index (Phi) is 15.3. The summed E-state index contributed by atoms with van der Waals surface area (Å²) < 4.78 is 0. The summed E-state index contributed by atoms with van der Waals surface area (Å²) in [7, 11) is 0. The van der Waals surface area contributed by atoms with Crippen molar-refractivity contribution in [2.24, 2.45) is 10.9 Å². The molecule has 0 atom stereocenters. The van der Waals surface area contributed by atoms with Gasteiger partial charge < -0.3 is 5.84 Å². The Morgan fingerprint density at radius 1 is 1.17 bits per heavy atom. The Bertz CT molecular complexity index is 202. The molecule has 0 unspecified atom stereocenters. The molecular formula is C9H17N2Sn.